The zero-order chi connectivity index (χ0) is 15.8. The summed E-state index contributed by atoms with van der Waals surface area (Å²) >= 11 is 6.27. The molecule has 0 bridgehead atoms. The number of hydrogen-bond acceptors (Lipinski definition) is 0. The maximum absolute atomic E-state index is 6.27. The van der Waals surface area contributed by atoms with Crippen molar-refractivity contribution in [3.63, 3.8) is 0 Å². The topological polar surface area (TPSA) is 4.93 Å². The van der Waals surface area contributed by atoms with Gasteiger partial charge < -0.3 is 4.57 Å². The van der Waals surface area contributed by atoms with E-state index in [-0.39, 0.29) is 5.41 Å². The highest BCUT2D eigenvalue weighted by Gasteiger charge is 2.34. The fourth-order valence-corrected chi connectivity index (χ4v) is 4.31. The van der Waals surface area contributed by atoms with E-state index in [9.17, 15) is 0 Å². The number of para-hydroxylation sites is 2. The van der Waals surface area contributed by atoms with Crippen molar-refractivity contribution in [3.8, 4) is 5.69 Å². The van der Waals surface area contributed by atoms with Gasteiger partial charge in [-0.2, -0.15) is 0 Å². The molecule has 1 aromatic heterocycles. The summed E-state index contributed by atoms with van der Waals surface area (Å²) in [5.41, 5.74) is 6.55. The van der Waals surface area contributed by atoms with Crippen LogP contribution in [-0.2, 0) is 5.41 Å². The Balaban J connectivity index is 2.13. The van der Waals surface area contributed by atoms with E-state index in [2.05, 4.69) is 73.0 Å². The summed E-state index contributed by atoms with van der Waals surface area (Å²) < 4.78 is 2.40. The molecule has 0 N–H and O–H groups in total. The van der Waals surface area contributed by atoms with E-state index in [1.807, 2.05) is 6.07 Å². The zero-order valence-electron chi connectivity index (χ0n) is 13.1. The average molecular weight is 318 g/mol. The first-order valence-corrected chi connectivity index (χ1v) is 8.30. The molecule has 0 atom stereocenters. The molecule has 5 rings (SSSR count). The number of nitrogens with zero attached hydrogens (tertiary/aromatic N) is 1. The lowest BCUT2D eigenvalue weighted by Crippen LogP contribution is -2.26. The molecule has 0 radical (unpaired) electrons. The fourth-order valence-electron chi connectivity index (χ4n) is 4.14. The molecule has 23 heavy (non-hydrogen) atoms. The van der Waals surface area contributed by atoms with E-state index in [1.165, 1.54) is 38.6 Å². The Bertz CT molecular complexity index is 1100. The van der Waals surface area contributed by atoms with Gasteiger partial charge in [-0.3, -0.25) is 0 Å². The van der Waals surface area contributed by atoms with Gasteiger partial charge in [0.1, 0.15) is 0 Å². The van der Waals surface area contributed by atoms with Crippen LogP contribution in [0.4, 0.5) is 0 Å². The Labute approximate surface area is 140 Å². The predicted octanol–water partition coefficient (Wildman–Crippen LogP) is 6.08. The lowest BCUT2D eigenvalue weighted by Gasteiger charge is -2.34. The predicted molar refractivity (Wildman–Crippen MR) is 97.9 cm³/mol. The molecule has 0 spiro atoms. The molecule has 1 aliphatic heterocycles. The highest BCUT2D eigenvalue weighted by Crippen LogP contribution is 2.47. The van der Waals surface area contributed by atoms with Gasteiger partial charge in [-0.05, 0) is 35.4 Å². The maximum atomic E-state index is 6.27. The van der Waals surface area contributed by atoms with Crippen LogP contribution >= 0.6 is 11.6 Å². The van der Waals surface area contributed by atoms with E-state index in [0.717, 1.165) is 5.02 Å². The molecular weight excluding hydrogens is 302 g/mol. The van der Waals surface area contributed by atoms with E-state index in [0.29, 0.717) is 0 Å². The highest BCUT2D eigenvalue weighted by molar-refractivity contribution is 6.32. The Morgan fingerprint density at radius 3 is 2.48 bits per heavy atom. The SMILES string of the molecule is CC1(C)c2ccccc2-n2c3ccc(Cl)cc3c3cccc1c32. The third-order valence-corrected chi connectivity index (χ3v) is 5.48. The monoisotopic (exact) mass is 317 g/mol. The Morgan fingerprint density at radius 1 is 0.826 bits per heavy atom. The lowest BCUT2D eigenvalue weighted by molar-refractivity contribution is 0.630. The van der Waals surface area contributed by atoms with Crippen molar-refractivity contribution in [2.45, 2.75) is 19.3 Å². The molecule has 0 aliphatic carbocycles. The van der Waals surface area contributed by atoms with Crippen molar-refractivity contribution in [2.75, 3.05) is 0 Å². The number of halogens is 1. The van der Waals surface area contributed by atoms with Crippen LogP contribution in [0.1, 0.15) is 25.0 Å². The van der Waals surface area contributed by atoms with Crippen LogP contribution in [0.2, 0.25) is 5.02 Å². The van der Waals surface area contributed by atoms with E-state index < -0.39 is 0 Å². The normalized spacial score (nSPS) is 15.1. The van der Waals surface area contributed by atoms with Gasteiger partial charge in [0, 0.05) is 21.2 Å². The van der Waals surface area contributed by atoms with Gasteiger partial charge in [0.2, 0.25) is 0 Å². The highest BCUT2D eigenvalue weighted by atomic mass is 35.5. The molecule has 112 valence electrons. The summed E-state index contributed by atoms with van der Waals surface area (Å²) in [6.07, 6.45) is 0. The fraction of sp³-hybridized carbons (Fsp3) is 0.143. The largest absolute Gasteiger partial charge is 0.309 e. The third-order valence-electron chi connectivity index (χ3n) is 5.24. The molecule has 4 aromatic rings. The summed E-state index contributed by atoms with van der Waals surface area (Å²) in [4.78, 5) is 0. The number of fused-ring (bicyclic) bond motifs is 5. The van der Waals surface area contributed by atoms with Crippen molar-refractivity contribution in [1.82, 2.24) is 4.57 Å². The molecule has 0 amide bonds. The van der Waals surface area contributed by atoms with Crippen LogP contribution < -0.4 is 0 Å². The summed E-state index contributed by atoms with van der Waals surface area (Å²) in [5.74, 6) is 0. The Hall–Kier alpha value is -2.25. The molecule has 0 fully saturated rings. The molecule has 1 aliphatic rings. The average Bonchev–Trinajstić information content (AvgIpc) is 2.88. The molecule has 0 saturated heterocycles. The smallest absolute Gasteiger partial charge is 0.0582 e. The number of benzene rings is 3. The van der Waals surface area contributed by atoms with Crippen molar-refractivity contribution in [2.24, 2.45) is 0 Å². The summed E-state index contributed by atoms with van der Waals surface area (Å²) in [6, 6.07) is 21.6. The standard InChI is InChI=1S/C21H16ClN/c1-21(2)16-7-3-4-9-19(16)23-18-11-10-13(22)12-15(18)14-6-5-8-17(21)20(14)23/h3-12H,1-2H3. The first-order chi connectivity index (χ1) is 11.1. The van der Waals surface area contributed by atoms with Crippen molar-refractivity contribution >= 4 is 33.4 Å². The maximum Gasteiger partial charge on any atom is 0.0582 e. The van der Waals surface area contributed by atoms with Crippen LogP contribution in [-0.4, -0.2) is 4.57 Å². The van der Waals surface area contributed by atoms with E-state index >= 15 is 0 Å². The second kappa shape index (κ2) is 4.18. The number of rotatable bonds is 0. The van der Waals surface area contributed by atoms with Gasteiger partial charge >= 0.3 is 0 Å². The summed E-state index contributed by atoms with van der Waals surface area (Å²) in [7, 11) is 0. The van der Waals surface area contributed by atoms with Crippen LogP contribution in [0, 0.1) is 0 Å². The van der Waals surface area contributed by atoms with Crippen molar-refractivity contribution < 1.29 is 0 Å². The molecule has 0 saturated carbocycles. The van der Waals surface area contributed by atoms with Gasteiger partial charge in [0.15, 0.2) is 0 Å². The van der Waals surface area contributed by atoms with E-state index in [4.69, 9.17) is 11.6 Å². The Kier molecular flexibility index (Phi) is 2.40. The lowest BCUT2D eigenvalue weighted by atomic mass is 9.75. The first-order valence-electron chi connectivity index (χ1n) is 7.92. The zero-order valence-corrected chi connectivity index (χ0v) is 13.9. The quantitative estimate of drug-likeness (QED) is 0.370. The molecule has 1 nitrogen and oxygen atoms in total. The minimum Gasteiger partial charge on any atom is -0.309 e. The second-order valence-corrected chi connectivity index (χ2v) is 7.28. The van der Waals surface area contributed by atoms with Gasteiger partial charge in [-0.25, -0.2) is 0 Å². The number of aromatic nitrogens is 1. The summed E-state index contributed by atoms with van der Waals surface area (Å²) in [5, 5.41) is 3.29. The van der Waals surface area contributed by atoms with Crippen LogP contribution in [0.15, 0.2) is 60.7 Å². The molecule has 2 heteroatoms. The van der Waals surface area contributed by atoms with Crippen molar-refractivity contribution in [1.29, 1.82) is 0 Å². The molecular formula is C21H16ClN. The van der Waals surface area contributed by atoms with Crippen LogP contribution in [0.5, 0.6) is 0 Å². The van der Waals surface area contributed by atoms with Gasteiger partial charge in [0.05, 0.1) is 16.7 Å². The Morgan fingerprint density at radius 2 is 1.61 bits per heavy atom. The minimum atomic E-state index is -0.00965. The van der Waals surface area contributed by atoms with Gasteiger partial charge in [0.25, 0.3) is 0 Å². The number of hydrogen-bond donors (Lipinski definition) is 0. The first kappa shape index (κ1) is 13.2. The molecule has 3 aromatic carbocycles. The third kappa shape index (κ3) is 1.53. The molecule has 0 unspecified atom stereocenters. The van der Waals surface area contributed by atoms with Crippen molar-refractivity contribution in [3.05, 3.63) is 76.8 Å². The van der Waals surface area contributed by atoms with Gasteiger partial charge in [-0.15, -0.1) is 0 Å². The minimum absolute atomic E-state index is 0.00965. The van der Waals surface area contributed by atoms with Crippen LogP contribution in [0.3, 0.4) is 0 Å². The second-order valence-electron chi connectivity index (χ2n) is 6.84. The summed E-state index contributed by atoms with van der Waals surface area (Å²) in [6.45, 7) is 4.63. The van der Waals surface area contributed by atoms with Gasteiger partial charge in [-0.1, -0.05) is 61.8 Å². The van der Waals surface area contributed by atoms with Crippen LogP contribution in [0.25, 0.3) is 27.5 Å². The van der Waals surface area contributed by atoms with E-state index in [1.54, 1.807) is 0 Å². The molecule has 2 heterocycles.